The Balaban J connectivity index is 1.24. The quantitative estimate of drug-likeness (QED) is 0.223. The molecule has 220 valence electrons. The summed E-state index contributed by atoms with van der Waals surface area (Å²) in [6.45, 7) is 4.01. The van der Waals surface area contributed by atoms with E-state index in [0.717, 1.165) is 64.1 Å². The van der Waals surface area contributed by atoms with Crippen molar-refractivity contribution in [1.29, 1.82) is 0 Å². The van der Waals surface area contributed by atoms with Crippen LogP contribution in [0.1, 0.15) is 43.0 Å². The molecule has 2 N–H and O–H groups in total. The number of anilines is 1. The number of benzene rings is 3. The van der Waals surface area contributed by atoms with Gasteiger partial charge in [-0.25, -0.2) is 9.37 Å². The largest absolute Gasteiger partial charge is 0.494 e. The van der Waals surface area contributed by atoms with Gasteiger partial charge in [0, 0.05) is 42.6 Å². The minimum atomic E-state index is -0.412. The van der Waals surface area contributed by atoms with Crippen LogP contribution in [0.4, 0.5) is 10.1 Å². The second-order valence-electron chi connectivity index (χ2n) is 12.9. The number of amides is 1. The molecule has 0 radical (unpaired) electrons. The summed E-state index contributed by atoms with van der Waals surface area (Å²) < 4.78 is 24.6. The zero-order valence-electron chi connectivity index (χ0n) is 24.8. The molecule has 3 aromatic carbocycles. The van der Waals surface area contributed by atoms with Crippen molar-refractivity contribution in [3.63, 3.8) is 0 Å². The molecule has 2 bridgehead atoms. The number of carbonyl (C=O) groups is 1. The molecule has 43 heavy (non-hydrogen) atoms. The Morgan fingerprint density at radius 1 is 1.05 bits per heavy atom. The molecule has 3 heterocycles. The Kier molecular flexibility index (Phi) is 5.87. The predicted molar refractivity (Wildman–Crippen MR) is 167 cm³/mol. The molecule has 2 saturated carbocycles. The lowest BCUT2D eigenvalue weighted by molar-refractivity contribution is 0.0696. The van der Waals surface area contributed by atoms with Crippen LogP contribution in [0.2, 0.25) is 0 Å². The van der Waals surface area contributed by atoms with E-state index >= 15 is 0 Å². The highest BCUT2D eigenvalue weighted by molar-refractivity contribution is 6.00. The van der Waals surface area contributed by atoms with Crippen LogP contribution in [-0.4, -0.2) is 44.6 Å². The standard InChI is InChI=1S/C35H36FN5O2/c1-19-24-9-11-29(19)41(18-24)35(42)25-13-28-33(32(16-25)43-3)39(2)34(38-28)31-15-23-7-6-22(21-8-10-27(37)26(36)12-21)14-30(23)40(31)17-20-4-5-20/h6-8,10,12-16,19-20,24,29H,4-5,9,11,17-18,37H2,1-3H3/t19-,24?,29?/m1/s1. The van der Waals surface area contributed by atoms with E-state index in [9.17, 15) is 9.18 Å². The second kappa shape index (κ2) is 9.59. The summed E-state index contributed by atoms with van der Waals surface area (Å²) in [4.78, 5) is 21.0. The summed E-state index contributed by atoms with van der Waals surface area (Å²) >= 11 is 0. The monoisotopic (exact) mass is 577 g/mol. The zero-order chi connectivity index (χ0) is 29.6. The molecule has 7 nitrogen and oxygen atoms in total. The van der Waals surface area contributed by atoms with Crippen molar-refractivity contribution in [3.05, 3.63) is 66.0 Å². The van der Waals surface area contributed by atoms with Crippen molar-refractivity contribution in [2.75, 3.05) is 19.4 Å². The molecule has 2 aliphatic carbocycles. The number of carbonyl (C=O) groups excluding carboxylic acids is 1. The highest BCUT2D eigenvalue weighted by Crippen LogP contribution is 2.44. The van der Waals surface area contributed by atoms with E-state index < -0.39 is 5.82 Å². The number of aryl methyl sites for hydroxylation is 1. The molecule has 3 aliphatic rings. The fourth-order valence-corrected chi connectivity index (χ4v) is 7.61. The number of aromatic nitrogens is 3. The molecular weight excluding hydrogens is 541 g/mol. The first-order valence-corrected chi connectivity index (χ1v) is 15.3. The number of hydrogen-bond acceptors (Lipinski definition) is 4. The van der Waals surface area contributed by atoms with E-state index in [-0.39, 0.29) is 11.6 Å². The van der Waals surface area contributed by atoms with E-state index in [2.05, 4.69) is 39.2 Å². The third-order valence-electron chi connectivity index (χ3n) is 10.3. The molecule has 5 aromatic rings. The van der Waals surface area contributed by atoms with Gasteiger partial charge in [0.2, 0.25) is 0 Å². The van der Waals surface area contributed by atoms with Gasteiger partial charge in [0.25, 0.3) is 5.91 Å². The molecule has 0 spiro atoms. The predicted octanol–water partition coefficient (Wildman–Crippen LogP) is 6.87. The number of methoxy groups -OCH3 is 1. The molecule has 3 atom stereocenters. The fourth-order valence-electron chi connectivity index (χ4n) is 7.61. The highest BCUT2D eigenvalue weighted by atomic mass is 19.1. The molecule has 2 unspecified atom stereocenters. The Hall–Kier alpha value is -4.33. The van der Waals surface area contributed by atoms with Crippen molar-refractivity contribution < 1.29 is 13.9 Å². The van der Waals surface area contributed by atoms with Crippen molar-refractivity contribution in [1.82, 2.24) is 19.0 Å². The van der Waals surface area contributed by atoms with Crippen LogP contribution >= 0.6 is 0 Å². The van der Waals surface area contributed by atoms with Crippen LogP contribution in [0.3, 0.4) is 0 Å². The maximum atomic E-state index is 14.3. The first-order valence-electron chi connectivity index (χ1n) is 15.3. The van der Waals surface area contributed by atoms with E-state index in [1.54, 1.807) is 13.2 Å². The number of halogens is 1. The Labute approximate surface area is 250 Å². The number of likely N-dealkylation sites (tertiary alicyclic amines) is 1. The lowest BCUT2D eigenvalue weighted by Crippen LogP contribution is -2.38. The summed E-state index contributed by atoms with van der Waals surface area (Å²) in [6.07, 6.45) is 4.72. The van der Waals surface area contributed by atoms with Gasteiger partial charge >= 0.3 is 0 Å². The molecule has 1 amide bonds. The van der Waals surface area contributed by atoms with Crippen LogP contribution < -0.4 is 10.5 Å². The number of piperidine rings is 1. The van der Waals surface area contributed by atoms with E-state index in [1.807, 2.05) is 31.3 Å². The minimum Gasteiger partial charge on any atom is -0.494 e. The minimum absolute atomic E-state index is 0.0703. The van der Waals surface area contributed by atoms with Crippen molar-refractivity contribution >= 4 is 33.5 Å². The van der Waals surface area contributed by atoms with E-state index in [4.69, 9.17) is 15.5 Å². The second-order valence-corrected chi connectivity index (χ2v) is 12.9. The number of fused-ring (bicyclic) bond motifs is 4. The van der Waals surface area contributed by atoms with Gasteiger partial charge < -0.3 is 24.5 Å². The average molecular weight is 578 g/mol. The molecule has 2 aromatic heterocycles. The van der Waals surface area contributed by atoms with Crippen LogP contribution in [0.25, 0.3) is 44.6 Å². The van der Waals surface area contributed by atoms with Crippen LogP contribution in [0.5, 0.6) is 5.75 Å². The normalized spacial score (nSPS) is 21.4. The first kappa shape index (κ1) is 26.3. The maximum Gasteiger partial charge on any atom is 0.254 e. The molecule has 3 fully saturated rings. The van der Waals surface area contributed by atoms with Gasteiger partial charge in [-0.05, 0) is 91.0 Å². The van der Waals surface area contributed by atoms with E-state index in [0.29, 0.717) is 35.1 Å². The number of nitrogen functional groups attached to an aromatic ring is 1. The maximum absolute atomic E-state index is 14.3. The zero-order valence-corrected chi connectivity index (χ0v) is 24.8. The molecule has 8 heteroatoms. The SMILES string of the molecule is COc1cc(C(=O)N2CC3CCC2[C@@H]3C)cc2nc(-c3cc4ccc(-c5ccc(N)c(F)c5)cc4n3CC3CC3)n(C)c12. The number of nitrogens with two attached hydrogens (primary N) is 1. The molecular formula is C35H36FN5O2. The third-order valence-corrected chi connectivity index (χ3v) is 10.3. The van der Waals surface area contributed by atoms with Crippen LogP contribution in [0, 0.1) is 23.6 Å². The van der Waals surface area contributed by atoms with Gasteiger partial charge in [0.1, 0.15) is 17.1 Å². The van der Waals surface area contributed by atoms with Gasteiger partial charge in [-0.2, -0.15) is 0 Å². The lowest BCUT2D eigenvalue weighted by atomic mass is 10.0. The summed E-state index contributed by atoms with van der Waals surface area (Å²) in [5.41, 5.74) is 12.0. The van der Waals surface area contributed by atoms with Gasteiger partial charge in [-0.15, -0.1) is 0 Å². The van der Waals surface area contributed by atoms with Gasteiger partial charge in [0.15, 0.2) is 5.82 Å². The third kappa shape index (κ3) is 4.13. The van der Waals surface area contributed by atoms with E-state index in [1.165, 1.54) is 25.3 Å². The van der Waals surface area contributed by atoms with Crippen LogP contribution in [-0.2, 0) is 13.6 Å². The topological polar surface area (TPSA) is 78.3 Å². The Morgan fingerprint density at radius 3 is 2.53 bits per heavy atom. The van der Waals surface area contributed by atoms with Crippen molar-refractivity contribution in [2.24, 2.45) is 24.8 Å². The summed E-state index contributed by atoms with van der Waals surface area (Å²) in [7, 11) is 3.67. The van der Waals surface area contributed by atoms with Crippen molar-refractivity contribution in [3.8, 4) is 28.4 Å². The number of imidazole rings is 1. The summed E-state index contributed by atoms with van der Waals surface area (Å²) in [5.74, 6) is 2.92. The fraction of sp³-hybridized carbons (Fsp3) is 0.371. The van der Waals surface area contributed by atoms with Gasteiger partial charge in [0.05, 0.1) is 24.0 Å². The van der Waals surface area contributed by atoms with Gasteiger partial charge in [-0.1, -0.05) is 25.1 Å². The molecule has 8 rings (SSSR count). The molecule has 1 saturated heterocycles. The van der Waals surface area contributed by atoms with Gasteiger partial charge in [-0.3, -0.25) is 4.79 Å². The number of hydrogen-bond donors (Lipinski definition) is 1. The first-order chi connectivity index (χ1) is 20.8. The summed E-state index contributed by atoms with van der Waals surface area (Å²) in [6, 6.07) is 17.6. The number of ether oxygens (including phenoxy) is 1. The smallest absolute Gasteiger partial charge is 0.254 e. The number of nitrogens with zero attached hydrogens (tertiary/aromatic N) is 4. The number of rotatable bonds is 6. The highest BCUT2D eigenvalue weighted by Gasteiger charge is 2.46. The van der Waals surface area contributed by atoms with Crippen LogP contribution in [0.15, 0.2) is 54.6 Å². The average Bonchev–Trinajstić information content (AvgIpc) is 3.42. The summed E-state index contributed by atoms with van der Waals surface area (Å²) in [5, 5.41) is 1.10. The van der Waals surface area contributed by atoms with Crippen molar-refractivity contribution in [2.45, 2.75) is 45.2 Å². The Bertz CT molecular complexity index is 1940. The molecule has 1 aliphatic heterocycles. The lowest BCUT2D eigenvalue weighted by Gasteiger charge is -2.27. The Morgan fingerprint density at radius 2 is 1.84 bits per heavy atom.